The van der Waals surface area contributed by atoms with Crippen LogP contribution in [0.15, 0.2) is 52.0 Å². The molecule has 0 unspecified atom stereocenters. The van der Waals surface area contributed by atoms with Crippen LogP contribution in [0.2, 0.25) is 0 Å². The number of benzene rings is 1. The second-order valence-electron chi connectivity index (χ2n) is 4.17. The lowest BCUT2D eigenvalue weighted by Gasteiger charge is -2.14. The Balaban J connectivity index is 2.13. The quantitative estimate of drug-likeness (QED) is 0.913. The molecule has 19 heavy (non-hydrogen) atoms. The highest BCUT2D eigenvalue weighted by Crippen LogP contribution is 2.16. The number of aromatic nitrogens is 1. The van der Waals surface area contributed by atoms with Crippen LogP contribution in [0, 0.1) is 0 Å². The van der Waals surface area contributed by atoms with Crippen molar-refractivity contribution in [3.8, 4) is 0 Å². The first kappa shape index (κ1) is 13.5. The van der Waals surface area contributed by atoms with E-state index in [9.17, 15) is 9.59 Å². The minimum absolute atomic E-state index is 0.117. The summed E-state index contributed by atoms with van der Waals surface area (Å²) in [6.07, 6.45) is 2.91. The van der Waals surface area contributed by atoms with Gasteiger partial charge < -0.3 is 10.3 Å². The SMILES string of the molecule is C[C@H](NC(=O)c1c[nH]ccc1=O)c1ccc(Br)cc1. The Bertz CT molecular complexity index is 634. The van der Waals surface area contributed by atoms with Crippen molar-refractivity contribution in [3.05, 3.63) is 68.5 Å². The number of carbonyl (C=O) groups excluding carboxylic acids is 1. The number of nitrogens with one attached hydrogen (secondary N) is 2. The molecule has 0 aliphatic rings. The van der Waals surface area contributed by atoms with Gasteiger partial charge in [0.2, 0.25) is 0 Å². The normalized spacial score (nSPS) is 11.9. The maximum absolute atomic E-state index is 12.0. The number of hydrogen-bond acceptors (Lipinski definition) is 2. The third kappa shape index (κ3) is 3.32. The number of H-pyrrole nitrogens is 1. The van der Waals surface area contributed by atoms with Crippen molar-refractivity contribution < 1.29 is 4.79 Å². The minimum Gasteiger partial charge on any atom is -0.367 e. The summed E-state index contributed by atoms with van der Waals surface area (Å²) in [7, 11) is 0. The van der Waals surface area contributed by atoms with E-state index in [0.717, 1.165) is 10.0 Å². The van der Waals surface area contributed by atoms with Crippen LogP contribution in [0.1, 0.15) is 28.9 Å². The van der Waals surface area contributed by atoms with Gasteiger partial charge in [0.05, 0.1) is 6.04 Å². The fraction of sp³-hybridized carbons (Fsp3) is 0.143. The molecule has 0 saturated heterocycles. The molecule has 0 bridgehead atoms. The van der Waals surface area contributed by atoms with Crippen molar-refractivity contribution in [3.63, 3.8) is 0 Å². The number of halogens is 1. The van der Waals surface area contributed by atoms with E-state index in [1.54, 1.807) is 0 Å². The lowest BCUT2D eigenvalue weighted by atomic mass is 10.1. The second kappa shape index (κ2) is 5.84. The molecule has 0 radical (unpaired) electrons. The highest BCUT2D eigenvalue weighted by molar-refractivity contribution is 9.10. The highest BCUT2D eigenvalue weighted by atomic mass is 79.9. The summed E-state index contributed by atoms with van der Waals surface area (Å²) >= 11 is 3.36. The number of amides is 1. The summed E-state index contributed by atoms with van der Waals surface area (Å²) in [6.45, 7) is 1.87. The van der Waals surface area contributed by atoms with E-state index in [1.165, 1.54) is 18.5 Å². The van der Waals surface area contributed by atoms with Gasteiger partial charge in [-0.2, -0.15) is 0 Å². The molecule has 0 aliphatic heterocycles. The molecule has 2 rings (SSSR count). The zero-order valence-corrected chi connectivity index (χ0v) is 11.9. The number of aromatic amines is 1. The summed E-state index contributed by atoms with van der Waals surface area (Å²) in [5.74, 6) is -0.378. The standard InChI is InChI=1S/C14H13BrN2O2/c1-9(10-2-4-11(15)5-3-10)17-14(19)12-8-16-7-6-13(12)18/h2-9H,1H3,(H,16,18)(H,17,19)/t9-/m0/s1. The summed E-state index contributed by atoms with van der Waals surface area (Å²) < 4.78 is 0.981. The van der Waals surface area contributed by atoms with E-state index in [1.807, 2.05) is 31.2 Å². The Morgan fingerprint density at radius 1 is 1.26 bits per heavy atom. The lowest BCUT2D eigenvalue weighted by molar-refractivity contribution is 0.0938. The molecule has 98 valence electrons. The van der Waals surface area contributed by atoms with Gasteiger partial charge in [-0.3, -0.25) is 9.59 Å². The third-order valence-electron chi connectivity index (χ3n) is 2.79. The molecule has 1 atom stereocenters. The van der Waals surface area contributed by atoms with Gasteiger partial charge >= 0.3 is 0 Å². The van der Waals surface area contributed by atoms with Crippen LogP contribution < -0.4 is 10.7 Å². The van der Waals surface area contributed by atoms with Crippen molar-refractivity contribution in [1.29, 1.82) is 0 Å². The monoisotopic (exact) mass is 320 g/mol. The topological polar surface area (TPSA) is 62.0 Å². The van der Waals surface area contributed by atoms with Crippen LogP contribution in [0.3, 0.4) is 0 Å². The molecule has 0 aliphatic carbocycles. The molecule has 0 saturated carbocycles. The first-order valence-electron chi connectivity index (χ1n) is 5.81. The molecule has 1 heterocycles. The molecule has 0 spiro atoms. The van der Waals surface area contributed by atoms with Crippen LogP contribution in [-0.4, -0.2) is 10.9 Å². The predicted molar refractivity (Wildman–Crippen MR) is 77.1 cm³/mol. The summed E-state index contributed by atoms with van der Waals surface area (Å²) in [5.41, 5.74) is 0.801. The molecule has 1 aromatic carbocycles. The van der Waals surface area contributed by atoms with E-state index >= 15 is 0 Å². The molecular formula is C14H13BrN2O2. The van der Waals surface area contributed by atoms with E-state index in [0.29, 0.717) is 0 Å². The Kier molecular flexibility index (Phi) is 4.16. The van der Waals surface area contributed by atoms with Crippen molar-refractivity contribution in [2.24, 2.45) is 0 Å². The van der Waals surface area contributed by atoms with Crippen molar-refractivity contribution in [1.82, 2.24) is 10.3 Å². The van der Waals surface area contributed by atoms with Gasteiger partial charge in [0, 0.05) is 22.9 Å². The first-order valence-corrected chi connectivity index (χ1v) is 6.60. The van der Waals surface area contributed by atoms with Gasteiger partial charge in [0.15, 0.2) is 5.43 Å². The van der Waals surface area contributed by atoms with Crippen molar-refractivity contribution >= 4 is 21.8 Å². The maximum Gasteiger partial charge on any atom is 0.257 e. The van der Waals surface area contributed by atoms with Gasteiger partial charge in [-0.1, -0.05) is 28.1 Å². The van der Waals surface area contributed by atoms with Crippen LogP contribution in [-0.2, 0) is 0 Å². The zero-order chi connectivity index (χ0) is 13.8. The summed E-state index contributed by atoms with van der Waals surface area (Å²) in [5, 5.41) is 2.80. The van der Waals surface area contributed by atoms with Gasteiger partial charge in [-0.05, 0) is 24.6 Å². The van der Waals surface area contributed by atoms with Crippen molar-refractivity contribution in [2.75, 3.05) is 0 Å². The molecule has 1 amide bonds. The average Bonchev–Trinajstić information content (AvgIpc) is 2.39. The third-order valence-corrected chi connectivity index (χ3v) is 3.31. The zero-order valence-electron chi connectivity index (χ0n) is 10.3. The first-order chi connectivity index (χ1) is 9.08. The van der Waals surface area contributed by atoms with Crippen LogP contribution in [0.5, 0.6) is 0 Å². The Morgan fingerprint density at radius 3 is 2.58 bits per heavy atom. The van der Waals surface area contributed by atoms with E-state index in [2.05, 4.69) is 26.2 Å². The van der Waals surface area contributed by atoms with Crippen LogP contribution in [0.4, 0.5) is 0 Å². The number of carbonyl (C=O) groups is 1. The fourth-order valence-electron chi connectivity index (χ4n) is 1.70. The largest absolute Gasteiger partial charge is 0.367 e. The highest BCUT2D eigenvalue weighted by Gasteiger charge is 2.13. The summed E-state index contributed by atoms with van der Waals surface area (Å²) in [6, 6.07) is 8.83. The van der Waals surface area contributed by atoms with Crippen LogP contribution >= 0.6 is 15.9 Å². The molecule has 4 nitrogen and oxygen atoms in total. The molecular weight excluding hydrogens is 308 g/mol. The molecule has 1 aromatic heterocycles. The Labute approximate surface area is 119 Å². The fourth-order valence-corrected chi connectivity index (χ4v) is 1.97. The lowest BCUT2D eigenvalue weighted by Crippen LogP contribution is -2.30. The molecule has 0 fully saturated rings. The van der Waals surface area contributed by atoms with E-state index < -0.39 is 0 Å². The van der Waals surface area contributed by atoms with E-state index in [4.69, 9.17) is 0 Å². The molecule has 2 aromatic rings. The number of hydrogen-bond donors (Lipinski definition) is 2. The van der Waals surface area contributed by atoms with Gasteiger partial charge in [-0.15, -0.1) is 0 Å². The predicted octanol–water partition coefficient (Wildman–Crippen LogP) is 2.63. The summed E-state index contributed by atoms with van der Waals surface area (Å²) in [4.78, 5) is 26.2. The Hall–Kier alpha value is -1.88. The van der Waals surface area contributed by atoms with Crippen molar-refractivity contribution in [2.45, 2.75) is 13.0 Å². The minimum atomic E-state index is -0.378. The van der Waals surface area contributed by atoms with Gasteiger partial charge in [-0.25, -0.2) is 0 Å². The second-order valence-corrected chi connectivity index (χ2v) is 5.08. The number of rotatable bonds is 3. The maximum atomic E-state index is 12.0. The van der Waals surface area contributed by atoms with Gasteiger partial charge in [0.25, 0.3) is 5.91 Å². The molecule has 2 N–H and O–H groups in total. The Morgan fingerprint density at radius 2 is 1.95 bits per heavy atom. The number of pyridine rings is 1. The van der Waals surface area contributed by atoms with Gasteiger partial charge in [0.1, 0.15) is 5.56 Å². The van der Waals surface area contributed by atoms with Crippen LogP contribution in [0.25, 0.3) is 0 Å². The molecule has 5 heteroatoms. The average molecular weight is 321 g/mol. The smallest absolute Gasteiger partial charge is 0.257 e. The van der Waals surface area contributed by atoms with E-state index in [-0.39, 0.29) is 22.9 Å².